The maximum atomic E-state index is 12.5. The largest absolute Gasteiger partial charge is 0.486 e. The van der Waals surface area contributed by atoms with Crippen LogP contribution in [-0.2, 0) is 16.1 Å². The fraction of sp³-hybridized carbons (Fsp3) is 0.217. The summed E-state index contributed by atoms with van der Waals surface area (Å²) in [5, 5.41) is 1.75. The van der Waals surface area contributed by atoms with Crippen molar-refractivity contribution in [2.75, 3.05) is 26.9 Å². The molecule has 1 heterocycles. The van der Waals surface area contributed by atoms with Crippen LogP contribution in [0.1, 0.15) is 15.9 Å². The Morgan fingerprint density at radius 2 is 1.72 bits per heavy atom. The number of carbonyl (C=O) groups excluding carboxylic acids is 2. The molecule has 3 aromatic carbocycles. The second kappa shape index (κ2) is 8.22. The predicted molar refractivity (Wildman–Crippen MR) is 108 cm³/mol. The van der Waals surface area contributed by atoms with Crippen molar-refractivity contribution < 1.29 is 23.8 Å². The molecule has 6 nitrogen and oxygen atoms in total. The molecule has 0 unspecified atom stereocenters. The molecule has 0 spiro atoms. The predicted octanol–water partition coefficient (Wildman–Crippen LogP) is 3.43. The number of amides is 1. The average molecular weight is 391 g/mol. The van der Waals surface area contributed by atoms with Crippen LogP contribution in [0.3, 0.4) is 0 Å². The van der Waals surface area contributed by atoms with E-state index in [1.54, 1.807) is 19.2 Å². The van der Waals surface area contributed by atoms with Gasteiger partial charge in [0.15, 0.2) is 18.1 Å². The summed E-state index contributed by atoms with van der Waals surface area (Å²) in [6.45, 7) is 1.10. The van der Waals surface area contributed by atoms with Crippen LogP contribution in [0.5, 0.6) is 11.5 Å². The molecule has 1 amide bonds. The number of rotatable bonds is 5. The van der Waals surface area contributed by atoms with Gasteiger partial charge in [0, 0.05) is 13.6 Å². The first-order valence-corrected chi connectivity index (χ1v) is 9.39. The maximum Gasteiger partial charge on any atom is 0.339 e. The summed E-state index contributed by atoms with van der Waals surface area (Å²) in [6.07, 6.45) is 0. The number of hydrogen-bond donors (Lipinski definition) is 0. The maximum absolute atomic E-state index is 12.5. The monoisotopic (exact) mass is 391 g/mol. The van der Waals surface area contributed by atoms with Crippen molar-refractivity contribution in [3.05, 3.63) is 71.8 Å². The molecular weight excluding hydrogens is 370 g/mol. The molecule has 0 saturated carbocycles. The van der Waals surface area contributed by atoms with Crippen LogP contribution in [0.25, 0.3) is 10.8 Å². The Morgan fingerprint density at radius 3 is 2.59 bits per heavy atom. The summed E-state index contributed by atoms with van der Waals surface area (Å²) in [5.41, 5.74) is 1.36. The van der Waals surface area contributed by atoms with E-state index in [2.05, 4.69) is 0 Å². The number of benzene rings is 3. The number of hydrogen-bond acceptors (Lipinski definition) is 5. The van der Waals surface area contributed by atoms with Gasteiger partial charge in [-0.1, -0.05) is 42.5 Å². The molecule has 29 heavy (non-hydrogen) atoms. The summed E-state index contributed by atoms with van der Waals surface area (Å²) >= 11 is 0. The van der Waals surface area contributed by atoms with Crippen molar-refractivity contribution in [3.8, 4) is 11.5 Å². The van der Waals surface area contributed by atoms with Crippen molar-refractivity contribution in [1.29, 1.82) is 0 Å². The second-order valence-corrected chi connectivity index (χ2v) is 6.83. The molecule has 1 aliphatic rings. The van der Waals surface area contributed by atoms with E-state index in [1.165, 1.54) is 4.90 Å². The van der Waals surface area contributed by atoms with Gasteiger partial charge in [0.2, 0.25) is 0 Å². The van der Waals surface area contributed by atoms with E-state index in [9.17, 15) is 9.59 Å². The molecule has 6 heteroatoms. The third-order valence-electron chi connectivity index (χ3n) is 4.79. The average Bonchev–Trinajstić information content (AvgIpc) is 2.76. The van der Waals surface area contributed by atoms with Gasteiger partial charge in [0.25, 0.3) is 5.91 Å². The summed E-state index contributed by atoms with van der Waals surface area (Å²) < 4.78 is 16.3. The van der Waals surface area contributed by atoms with Crippen molar-refractivity contribution in [1.82, 2.24) is 4.90 Å². The Labute approximate surface area is 168 Å². The molecule has 0 radical (unpaired) electrons. The molecule has 0 aliphatic carbocycles. The standard InChI is InChI=1S/C23H21NO5/c1-24(14-16-9-10-20-21(13-16)28-12-11-27-20)22(25)15-29-23(26)19-8-4-6-17-5-2-3-7-18(17)19/h2-10,13H,11-12,14-15H2,1H3. The second-order valence-electron chi connectivity index (χ2n) is 6.83. The molecular formula is C23H21NO5. The third-order valence-corrected chi connectivity index (χ3v) is 4.79. The fourth-order valence-corrected chi connectivity index (χ4v) is 3.27. The topological polar surface area (TPSA) is 65.1 Å². The first-order chi connectivity index (χ1) is 14.1. The Balaban J connectivity index is 1.37. The lowest BCUT2D eigenvalue weighted by Crippen LogP contribution is -2.31. The molecule has 0 aromatic heterocycles. The van der Waals surface area contributed by atoms with Gasteiger partial charge in [0.1, 0.15) is 13.2 Å². The van der Waals surface area contributed by atoms with Gasteiger partial charge in [0.05, 0.1) is 5.56 Å². The molecule has 0 fully saturated rings. The van der Waals surface area contributed by atoms with Gasteiger partial charge >= 0.3 is 5.97 Å². The lowest BCUT2D eigenvalue weighted by Gasteiger charge is -2.21. The van der Waals surface area contributed by atoms with E-state index in [0.29, 0.717) is 36.8 Å². The molecule has 0 N–H and O–H groups in total. The minimum absolute atomic E-state index is 0.284. The van der Waals surface area contributed by atoms with Crippen LogP contribution in [0.15, 0.2) is 60.7 Å². The minimum atomic E-state index is -0.511. The van der Waals surface area contributed by atoms with Crippen molar-refractivity contribution in [2.24, 2.45) is 0 Å². The zero-order valence-corrected chi connectivity index (χ0v) is 16.1. The van der Waals surface area contributed by atoms with Crippen LogP contribution in [-0.4, -0.2) is 43.6 Å². The molecule has 0 saturated heterocycles. The highest BCUT2D eigenvalue weighted by Crippen LogP contribution is 2.31. The number of nitrogens with zero attached hydrogens (tertiary/aromatic N) is 1. The van der Waals surface area contributed by atoms with E-state index in [0.717, 1.165) is 16.3 Å². The summed E-state index contributed by atoms with van der Waals surface area (Å²) in [5.74, 6) is 0.589. The quantitative estimate of drug-likeness (QED) is 0.624. The van der Waals surface area contributed by atoms with Crippen LogP contribution < -0.4 is 9.47 Å². The van der Waals surface area contributed by atoms with E-state index in [1.807, 2.05) is 48.5 Å². The van der Waals surface area contributed by atoms with Gasteiger partial charge in [-0.3, -0.25) is 4.79 Å². The normalized spacial score (nSPS) is 12.4. The van der Waals surface area contributed by atoms with Gasteiger partial charge < -0.3 is 19.1 Å². The lowest BCUT2D eigenvalue weighted by atomic mass is 10.1. The number of esters is 1. The van der Waals surface area contributed by atoms with Crippen molar-refractivity contribution >= 4 is 22.6 Å². The Bertz CT molecular complexity index is 1060. The van der Waals surface area contributed by atoms with Gasteiger partial charge in [-0.05, 0) is 34.5 Å². The van der Waals surface area contributed by atoms with Gasteiger partial charge in [-0.15, -0.1) is 0 Å². The van der Waals surface area contributed by atoms with Crippen molar-refractivity contribution in [3.63, 3.8) is 0 Å². The van der Waals surface area contributed by atoms with Crippen LogP contribution in [0, 0.1) is 0 Å². The first kappa shape index (κ1) is 18.8. The van der Waals surface area contributed by atoms with Gasteiger partial charge in [-0.2, -0.15) is 0 Å². The number of likely N-dealkylation sites (N-methyl/N-ethyl adjacent to an activating group) is 1. The summed E-state index contributed by atoms with van der Waals surface area (Å²) in [6, 6.07) is 18.6. The Kier molecular flexibility index (Phi) is 5.33. The highest BCUT2D eigenvalue weighted by atomic mass is 16.6. The first-order valence-electron chi connectivity index (χ1n) is 9.39. The zero-order chi connectivity index (χ0) is 20.2. The molecule has 0 atom stereocenters. The van der Waals surface area contributed by atoms with E-state index < -0.39 is 5.97 Å². The van der Waals surface area contributed by atoms with E-state index in [4.69, 9.17) is 14.2 Å². The number of fused-ring (bicyclic) bond motifs is 2. The highest BCUT2D eigenvalue weighted by molar-refractivity contribution is 6.04. The van der Waals surface area contributed by atoms with Gasteiger partial charge in [-0.25, -0.2) is 4.79 Å². The molecule has 3 aromatic rings. The van der Waals surface area contributed by atoms with Crippen molar-refractivity contribution in [2.45, 2.75) is 6.54 Å². The smallest absolute Gasteiger partial charge is 0.339 e. The molecule has 4 rings (SSSR count). The van der Waals surface area contributed by atoms with E-state index >= 15 is 0 Å². The lowest BCUT2D eigenvalue weighted by molar-refractivity contribution is -0.133. The minimum Gasteiger partial charge on any atom is -0.486 e. The fourth-order valence-electron chi connectivity index (χ4n) is 3.27. The highest BCUT2D eigenvalue weighted by Gasteiger charge is 2.17. The van der Waals surface area contributed by atoms with Crippen LogP contribution in [0.4, 0.5) is 0 Å². The number of ether oxygens (including phenoxy) is 3. The molecule has 148 valence electrons. The Hall–Kier alpha value is -3.54. The third kappa shape index (κ3) is 4.16. The van der Waals surface area contributed by atoms with Crippen LogP contribution in [0.2, 0.25) is 0 Å². The summed E-state index contributed by atoms with van der Waals surface area (Å²) in [4.78, 5) is 26.4. The van der Waals surface area contributed by atoms with E-state index in [-0.39, 0.29) is 12.5 Å². The molecule has 0 bridgehead atoms. The van der Waals surface area contributed by atoms with Crippen LogP contribution >= 0.6 is 0 Å². The summed E-state index contributed by atoms with van der Waals surface area (Å²) in [7, 11) is 1.67. The number of carbonyl (C=O) groups is 2. The molecule has 1 aliphatic heterocycles. The SMILES string of the molecule is CN(Cc1ccc2c(c1)OCCO2)C(=O)COC(=O)c1cccc2ccccc12. The zero-order valence-electron chi connectivity index (χ0n) is 16.1. The Morgan fingerprint density at radius 1 is 0.966 bits per heavy atom.